The summed E-state index contributed by atoms with van der Waals surface area (Å²) in [7, 11) is 0. The first-order valence-corrected chi connectivity index (χ1v) is 7.35. The molecule has 0 aliphatic rings. The Hall–Kier alpha value is -0.650. The molecule has 0 fully saturated rings. The van der Waals surface area contributed by atoms with Crippen molar-refractivity contribution in [2.75, 3.05) is 5.32 Å². The molecular formula is C12H9Br2NOS. The SMILES string of the molecule is Cc1ccc(Br)cc1NC(=O)c1sccc1Br. The van der Waals surface area contributed by atoms with Crippen LogP contribution in [0.5, 0.6) is 0 Å². The highest BCUT2D eigenvalue weighted by Gasteiger charge is 2.12. The molecule has 1 N–H and O–H groups in total. The van der Waals surface area contributed by atoms with Crippen LogP contribution in [0.2, 0.25) is 0 Å². The minimum absolute atomic E-state index is 0.0897. The maximum atomic E-state index is 12.0. The Labute approximate surface area is 120 Å². The number of rotatable bonds is 2. The summed E-state index contributed by atoms with van der Waals surface area (Å²) in [4.78, 5) is 12.7. The van der Waals surface area contributed by atoms with E-state index < -0.39 is 0 Å². The van der Waals surface area contributed by atoms with Crippen LogP contribution in [0.3, 0.4) is 0 Å². The summed E-state index contributed by atoms with van der Waals surface area (Å²) < 4.78 is 1.77. The van der Waals surface area contributed by atoms with Gasteiger partial charge in [-0.2, -0.15) is 0 Å². The molecule has 2 nitrogen and oxygen atoms in total. The molecule has 0 radical (unpaired) electrons. The van der Waals surface area contributed by atoms with Gasteiger partial charge in [0.05, 0.1) is 0 Å². The molecule has 5 heteroatoms. The second-order valence-electron chi connectivity index (χ2n) is 3.51. The molecular weight excluding hydrogens is 366 g/mol. The molecule has 1 heterocycles. The average Bonchev–Trinajstić information content (AvgIpc) is 2.70. The van der Waals surface area contributed by atoms with Gasteiger partial charge in [-0.1, -0.05) is 22.0 Å². The zero-order valence-electron chi connectivity index (χ0n) is 8.96. The van der Waals surface area contributed by atoms with Gasteiger partial charge in [-0.05, 0) is 52.0 Å². The topological polar surface area (TPSA) is 29.1 Å². The first-order valence-electron chi connectivity index (χ1n) is 4.88. The molecule has 17 heavy (non-hydrogen) atoms. The molecule has 0 spiro atoms. The van der Waals surface area contributed by atoms with Gasteiger partial charge in [-0.25, -0.2) is 0 Å². The van der Waals surface area contributed by atoms with Crippen LogP contribution in [0.25, 0.3) is 0 Å². The Balaban J connectivity index is 2.24. The van der Waals surface area contributed by atoms with E-state index in [9.17, 15) is 4.79 Å². The van der Waals surface area contributed by atoms with Crippen molar-refractivity contribution in [3.8, 4) is 0 Å². The van der Waals surface area contributed by atoms with E-state index in [1.54, 1.807) is 0 Å². The number of nitrogens with one attached hydrogen (secondary N) is 1. The largest absolute Gasteiger partial charge is 0.321 e. The number of amides is 1. The van der Waals surface area contributed by atoms with Gasteiger partial charge in [0.2, 0.25) is 0 Å². The minimum atomic E-state index is -0.0897. The van der Waals surface area contributed by atoms with Gasteiger partial charge in [0.1, 0.15) is 4.88 Å². The maximum absolute atomic E-state index is 12.0. The fourth-order valence-electron chi connectivity index (χ4n) is 1.36. The van der Waals surface area contributed by atoms with Crippen molar-refractivity contribution in [1.29, 1.82) is 0 Å². The summed E-state index contributed by atoms with van der Waals surface area (Å²) >= 11 is 8.16. The van der Waals surface area contributed by atoms with Gasteiger partial charge in [0.25, 0.3) is 5.91 Å². The number of aryl methyl sites for hydroxylation is 1. The van der Waals surface area contributed by atoms with Crippen LogP contribution in [0.1, 0.15) is 15.2 Å². The minimum Gasteiger partial charge on any atom is -0.321 e. The van der Waals surface area contributed by atoms with Crippen molar-refractivity contribution >= 4 is 54.8 Å². The normalized spacial score (nSPS) is 10.3. The zero-order chi connectivity index (χ0) is 12.4. The predicted molar refractivity (Wildman–Crippen MR) is 78.9 cm³/mol. The molecule has 0 unspecified atom stereocenters. The number of benzene rings is 1. The summed E-state index contributed by atoms with van der Waals surface area (Å²) in [5, 5.41) is 4.79. The number of carbonyl (C=O) groups excluding carboxylic acids is 1. The third kappa shape index (κ3) is 2.97. The molecule has 0 aliphatic carbocycles. The Morgan fingerprint density at radius 2 is 2.06 bits per heavy atom. The number of carbonyl (C=O) groups is 1. The highest BCUT2D eigenvalue weighted by molar-refractivity contribution is 9.10. The molecule has 0 aliphatic heterocycles. The van der Waals surface area contributed by atoms with E-state index in [0.717, 1.165) is 20.2 Å². The Morgan fingerprint density at radius 1 is 1.29 bits per heavy atom. The van der Waals surface area contributed by atoms with Gasteiger partial charge >= 0.3 is 0 Å². The van der Waals surface area contributed by atoms with Gasteiger partial charge in [-0.15, -0.1) is 11.3 Å². The van der Waals surface area contributed by atoms with E-state index in [0.29, 0.717) is 4.88 Å². The van der Waals surface area contributed by atoms with E-state index in [4.69, 9.17) is 0 Å². The van der Waals surface area contributed by atoms with E-state index in [2.05, 4.69) is 37.2 Å². The first-order chi connectivity index (χ1) is 8.08. The van der Waals surface area contributed by atoms with Crippen LogP contribution < -0.4 is 5.32 Å². The summed E-state index contributed by atoms with van der Waals surface area (Å²) in [6.07, 6.45) is 0. The summed E-state index contributed by atoms with van der Waals surface area (Å²) in [6.45, 7) is 1.96. The number of hydrogen-bond donors (Lipinski definition) is 1. The smallest absolute Gasteiger partial charge is 0.266 e. The van der Waals surface area contributed by atoms with Crippen LogP contribution in [-0.2, 0) is 0 Å². The molecule has 0 saturated carbocycles. The lowest BCUT2D eigenvalue weighted by atomic mass is 10.2. The lowest BCUT2D eigenvalue weighted by Crippen LogP contribution is -2.11. The summed E-state index contributed by atoms with van der Waals surface area (Å²) in [6, 6.07) is 7.68. The lowest BCUT2D eigenvalue weighted by Gasteiger charge is -2.08. The molecule has 1 aromatic heterocycles. The molecule has 0 saturated heterocycles. The van der Waals surface area contributed by atoms with Crippen LogP contribution in [0.4, 0.5) is 5.69 Å². The fraction of sp³-hybridized carbons (Fsp3) is 0.0833. The van der Waals surface area contributed by atoms with Crippen molar-refractivity contribution in [1.82, 2.24) is 0 Å². The standard InChI is InChI=1S/C12H9Br2NOS/c1-7-2-3-8(13)6-10(7)15-12(16)11-9(14)4-5-17-11/h2-6H,1H3,(H,15,16). The monoisotopic (exact) mass is 373 g/mol. The first kappa shape index (κ1) is 12.8. The fourth-order valence-corrected chi connectivity index (χ4v) is 3.17. The van der Waals surface area contributed by atoms with Gasteiger partial charge in [-0.3, -0.25) is 4.79 Å². The number of thiophene rings is 1. The Bertz CT molecular complexity index is 565. The molecule has 0 atom stereocenters. The van der Waals surface area contributed by atoms with Gasteiger partial charge in [0, 0.05) is 14.6 Å². The zero-order valence-corrected chi connectivity index (χ0v) is 12.9. The van der Waals surface area contributed by atoms with Crippen molar-refractivity contribution in [3.63, 3.8) is 0 Å². The van der Waals surface area contributed by atoms with Gasteiger partial charge < -0.3 is 5.32 Å². The second kappa shape index (κ2) is 5.33. The Kier molecular flexibility index (Phi) is 4.01. The van der Waals surface area contributed by atoms with Crippen molar-refractivity contribution in [2.24, 2.45) is 0 Å². The van der Waals surface area contributed by atoms with Crippen LogP contribution in [0, 0.1) is 6.92 Å². The van der Waals surface area contributed by atoms with Crippen molar-refractivity contribution in [2.45, 2.75) is 6.92 Å². The lowest BCUT2D eigenvalue weighted by molar-refractivity contribution is 0.103. The quantitative estimate of drug-likeness (QED) is 0.800. The summed E-state index contributed by atoms with van der Waals surface area (Å²) in [5.41, 5.74) is 1.86. The number of hydrogen-bond acceptors (Lipinski definition) is 2. The van der Waals surface area contributed by atoms with E-state index in [-0.39, 0.29) is 5.91 Å². The van der Waals surface area contributed by atoms with Gasteiger partial charge in [0.15, 0.2) is 0 Å². The van der Waals surface area contributed by atoms with Crippen LogP contribution in [0.15, 0.2) is 38.6 Å². The van der Waals surface area contributed by atoms with Crippen LogP contribution in [-0.4, -0.2) is 5.91 Å². The predicted octanol–water partition coefficient (Wildman–Crippen LogP) is 4.83. The number of halogens is 2. The number of anilines is 1. The molecule has 1 aromatic carbocycles. The molecule has 2 rings (SSSR count). The summed E-state index contributed by atoms with van der Waals surface area (Å²) in [5.74, 6) is -0.0897. The third-order valence-corrected chi connectivity index (χ3v) is 4.60. The highest BCUT2D eigenvalue weighted by Crippen LogP contribution is 2.25. The van der Waals surface area contributed by atoms with E-state index >= 15 is 0 Å². The Morgan fingerprint density at radius 3 is 2.71 bits per heavy atom. The van der Waals surface area contributed by atoms with Crippen molar-refractivity contribution < 1.29 is 4.79 Å². The highest BCUT2D eigenvalue weighted by atomic mass is 79.9. The second-order valence-corrected chi connectivity index (χ2v) is 6.20. The van der Waals surface area contributed by atoms with E-state index in [1.807, 2.05) is 36.6 Å². The maximum Gasteiger partial charge on any atom is 0.266 e. The van der Waals surface area contributed by atoms with E-state index in [1.165, 1.54) is 11.3 Å². The molecule has 88 valence electrons. The molecule has 2 aromatic rings. The molecule has 0 bridgehead atoms. The average molecular weight is 375 g/mol. The third-order valence-electron chi connectivity index (χ3n) is 2.27. The van der Waals surface area contributed by atoms with Crippen LogP contribution >= 0.6 is 43.2 Å². The molecule has 1 amide bonds. The van der Waals surface area contributed by atoms with Crippen molar-refractivity contribution in [3.05, 3.63) is 49.0 Å².